The minimum Gasteiger partial charge on any atom is -0.350 e. The summed E-state index contributed by atoms with van der Waals surface area (Å²) in [6, 6.07) is 10.6. The van der Waals surface area contributed by atoms with Gasteiger partial charge in [-0.15, -0.1) is 0 Å². The molecule has 4 nitrogen and oxygen atoms in total. The second-order valence-corrected chi connectivity index (χ2v) is 6.16. The average molecular weight is 289 g/mol. The summed E-state index contributed by atoms with van der Waals surface area (Å²) in [4.78, 5) is 14.2. The van der Waals surface area contributed by atoms with Gasteiger partial charge in [-0.1, -0.05) is 43.2 Å². The number of carbonyl (C=O) groups is 1. The number of hydrogen-bond acceptors (Lipinski definition) is 3. The van der Waals surface area contributed by atoms with Gasteiger partial charge in [0.05, 0.1) is 6.04 Å². The van der Waals surface area contributed by atoms with E-state index in [0.717, 1.165) is 19.4 Å². The van der Waals surface area contributed by atoms with Gasteiger partial charge in [0.1, 0.15) is 0 Å². The van der Waals surface area contributed by atoms with Crippen LogP contribution >= 0.6 is 0 Å². The quantitative estimate of drug-likeness (QED) is 0.870. The van der Waals surface area contributed by atoms with Crippen molar-refractivity contribution in [2.24, 2.45) is 5.73 Å². The van der Waals surface area contributed by atoms with Crippen LogP contribution in [0.1, 0.15) is 38.2 Å². The Labute approximate surface area is 127 Å². The van der Waals surface area contributed by atoms with Crippen LogP contribution in [0.2, 0.25) is 0 Å². The molecule has 0 bridgehead atoms. The standard InChI is InChI=1S/C17H27N3O/c1-13(18)17(21)19-15-10-6-7-11-16(15)20(2)12-14-8-4-3-5-9-14/h3-5,8-9,13,15-16H,6-7,10-12,18H2,1-2H3,(H,19,21). The molecular formula is C17H27N3O. The number of benzene rings is 1. The molecule has 0 spiro atoms. The van der Waals surface area contributed by atoms with Gasteiger partial charge in [0.25, 0.3) is 0 Å². The Morgan fingerprint density at radius 2 is 2.00 bits per heavy atom. The van der Waals surface area contributed by atoms with Gasteiger partial charge in [-0.05, 0) is 32.4 Å². The summed E-state index contributed by atoms with van der Waals surface area (Å²) in [5.41, 5.74) is 6.98. The zero-order valence-corrected chi connectivity index (χ0v) is 13.1. The molecule has 1 aliphatic rings. The van der Waals surface area contributed by atoms with Crippen molar-refractivity contribution in [1.82, 2.24) is 10.2 Å². The first-order valence-electron chi connectivity index (χ1n) is 7.88. The van der Waals surface area contributed by atoms with E-state index in [0.29, 0.717) is 6.04 Å². The lowest BCUT2D eigenvalue weighted by molar-refractivity contribution is -0.123. The summed E-state index contributed by atoms with van der Waals surface area (Å²) in [7, 11) is 2.15. The third kappa shape index (κ3) is 4.55. The molecule has 2 rings (SSSR count). The van der Waals surface area contributed by atoms with E-state index in [4.69, 9.17) is 5.73 Å². The van der Waals surface area contributed by atoms with Gasteiger partial charge in [-0.3, -0.25) is 9.69 Å². The lowest BCUT2D eigenvalue weighted by Crippen LogP contribution is -2.54. The first-order valence-corrected chi connectivity index (χ1v) is 7.88. The monoisotopic (exact) mass is 289 g/mol. The molecule has 1 fully saturated rings. The van der Waals surface area contributed by atoms with Crippen LogP contribution in [-0.4, -0.2) is 36.0 Å². The van der Waals surface area contributed by atoms with E-state index >= 15 is 0 Å². The molecule has 3 N–H and O–H groups in total. The Hall–Kier alpha value is -1.39. The van der Waals surface area contributed by atoms with Crippen LogP contribution in [0, 0.1) is 0 Å². The van der Waals surface area contributed by atoms with Crippen molar-refractivity contribution < 1.29 is 4.79 Å². The molecule has 21 heavy (non-hydrogen) atoms. The van der Waals surface area contributed by atoms with Gasteiger partial charge in [0, 0.05) is 18.6 Å². The smallest absolute Gasteiger partial charge is 0.236 e. The van der Waals surface area contributed by atoms with Crippen molar-refractivity contribution in [3.05, 3.63) is 35.9 Å². The summed E-state index contributed by atoms with van der Waals surface area (Å²) in [6.07, 6.45) is 4.59. The lowest BCUT2D eigenvalue weighted by atomic mass is 9.89. The van der Waals surface area contributed by atoms with Crippen LogP contribution in [0.4, 0.5) is 0 Å². The first kappa shape index (κ1) is 16.0. The highest BCUT2D eigenvalue weighted by molar-refractivity contribution is 5.81. The van der Waals surface area contributed by atoms with E-state index in [1.165, 1.54) is 18.4 Å². The molecule has 1 aromatic rings. The van der Waals surface area contributed by atoms with Crippen LogP contribution in [0.3, 0.4) is 0 Å². The van der Waals surface area contributed by atoms with E-state index in [2.05, 4.69) is 41.5 Å². The van der Waals surface area contributed by atoms with Crippen molar-refractivity contribution in [1.29, 1.82) is 0 Å². The molecule has 1 saturated carbocycles. The Morgan fingerprint density at radius 3 is 2.67 bits per heavy atom. The fourth-order valence-electron chi connectivity index (χ4n) is 3.11. The van der Waals surface area contributed by atoms with Gasteiger partial charge in [-0.2, -0.15) is 0 Å². The highest BCUT2D eigenvalue weighted by Crippen LogP contribution is 2.23. The molecule has 3 unspecified atom stereocenters. The third-order valence-corrected chi connectivity index (χ3v) is 4.31. The second kappa shape index (κ2) is 7.57. The molecular weight excluding hydrogens is 262 g/mol. The normalized spacial score (nSPS) is 23.8. The summed E-state index contributed by atoms with van der Waals surface area (Å²) in [5.74, 6) is -0.0417. The number of nitrogens with zero attached hydrogens (tertiary/aromatic N) is 1. The maximum atomic E-state index is 11.9. The van der Waals surface area contributed by atoms with Crippen LogP contribution < -0.4 is 11.1 Å². The molecule has 0 aromatic heterocycles. The van der Waals surface area contributed by atoms with Crippen molar-refractivity contribution in [3.63, 3.8) is 0 Å². The summed E-state index contributed by atoms with van der Waals surface area (Å²) < 4.78 is 0. The van der Waals surface area contributed by atoms with Crippen molar-refractivity contribution >= 4 is 5.91 Å². The molecule has 0 aliphatic heterocycles. The summed E-state index contributed by atoms with van der Waals surface area (Å²) >= 11 is 0. The number of nitrogens with one attached hydrogen (secondary N) is 1. The summed E-state index contributed by atoms with van der Waals surface area (Å²) in [6.45, 7) is 2.65. The van der Waals surface area contributed by atoms with Crippen LogP contribution in [-0.2, 0) is 11.3 Å². The van der Waals surface area contributed by atoms with Crippen molar-refractivity contribution in [2.75, 3.05) is 7.05 Å². The van der Waals surface area contributed by atoms with E-state index in [9.17, 15) is 4.79 Å². The van der Waals surface area contributed by atoms with Gasteiger partial charge in [0.15, 0.2) is 0 Å². The molecule has 116 valence electrons. The number of hydrogen-bond donors (Lipinski definition) is 2. The zero-order chi connectivity index (χ0) is 15.2. The first-order chi connectivity index (χ1) is 10.1. The van der Waals surface area contributed by atoms with E-state index in [1.807, 2.05) is 6.07 Å². The van der Waals surface area contributed by atoms with Gasteiger partial charge in [-0.25, -0.2) is 0 Å². The molecule has 0 radical (unpaired) electrons. The van der Waals surface area contributed by atoms with Gasteiger partial charge in [0.2, 0.25) is 5.91 Å². The third-order valence-electron chi connectivity index (χ3n) is 4.31. The predicted octanol–water partition coefficient (Wildman–Crippen LogP) is 1.89. The van der Waals surface area contributed by atoms with Crippen LogP contribution in [0.25, 0.3) is 0 Å². The summed E-state index contributed by atoms with van der Waals surface area (Å²) in [5, 5.41) is 3.13. The Balaban J connectivity index is 1.98. The van der Waals surface area contributed by atoms with E-state index in [-0.39, 0.29) is 11.9 Å². The highest BCUT2D eigenvalue weighted by atomic mass is 16.2. The van der Waals surface area contributed by atoms with Crippen LogP contribution in [0.5, 0.6) is 0 Å². The second-order valence-electron chi connectivity index (χ2n) is 6.16. The van der Waals surface area contributed by atoms with E-state index in [1.54, 1.807) is 6.92 Å². The fourth-order valence-corrected chi connectivity index (χ4v) is 3.11. The molecule has 0 saturated heterocycles. The molecule has 0 heterocycles. The maximum Gasteiger partial charge on any atom is 0.236 e. The zero-order valence-electron chi connectivity index (χ0n) is 13.1. The van der Waals surface area contributed by atoms with Crippen LogP contribution in [0.15, 0.2) is 30.3 Å². The topological polar surface area (TPSA) is 58.4 Å². The van der Waals surface area contributed by atoms with Crippen molar-refractivity contribution in [3.8, 4) is 0 Å². The van der Waals surface area contributed by atoms with Gasteiger partial charge >= 0.3 is 0 Å². The lowest BCUT2D eigenvalue weighted by Gasteiger charge is -2.38. The van der Waals surface area contributed by atoms with E-state index < -0.39 is 6.04 Å². The average Bonchev–Trinajstić information content (AvgIpc) is 2.48. The predicted molar refractivity (Wildman–Crippen MR) is 85.7 cm³/mol. The largest absolute Gasteiger partial charge is 0.350 e. The number of rotatable bonds is 5. The Kier molecular flexibility index (Phi) is 5.76. The maximum absolute atomic E-state index is 11.9. The minimum absolute atomic E-state index is 0.0417. The SMILES string of the molecule is CC(N)C(=O)NC1CCCCC1N(C)Cc1ccccc1. The number of likely N-dealkylation sites (N-methyl/N-ethyl adjacent to an activating group) is 1. The molecule has 3 atom stereocenters. The Morgan fingerprint density at radius 1 is 1.33 bits per heavy atom. The van der Waals surface area contributed by atoms with Gasteiger partial charge < -0.3 is 11.1 Å². The molecule has 1 aromatic carbocycles. The molecule has 1 amide bonds. The molecule has 1 aliphatic carbocycles. The number of nitrogens with two attached hydrogens (primary N) is 1. The minimum atomic E-state index is -0.438. The van der Waals surface area contributed by atoms with Crippen molar-refractivity contribution in [2.45, 2.75) is 57.3 Å². The number of amides is 1. The fraction of sp³-hybridized carbons (Fsp3) is 0.588. The Bertz CT molecular complexity index is 447. The molecule has 4 heteroatoms. The highest BCUT2D eigenvalue weighted by Gasteiger charge is 2.29. The number of carbonyl (C=O) groups excluding carboxylic acids is 1.